The number of pyridine rings is 1. The zero-order chi connectivity index (χ0) is 20.3. The summed E-state index contributed by atoms with van der Waals surface area (Å²) in [5.41, 5.74) is -0.0630. The number of benzene rings is 1. The Morgan fingerprint density at radius 2 is 2.07 bits per heavy atom. The van der Waals surface area contributed by atoms with Gasteiger partial charge in [0.05, 0.1) is 17.7 Å². The zero-order valence-corrected chi connectivity index (χ0v) is 14.8. The molecule has 0 saturated carbocycles. The molecule has 0 aliphatic rings. The molecular weight excluding hydrogens is 377 g/mol. The van der Waals surface area contributed by atoms with Gasteiger partial charge in [-0.05, 0) is 23.8 Å². The SMILES string of the molecule is COCCNC(=O)Cn1c(=O)[nH]c2ncc(-c3cccc(C(F)(F)F)c3)cc21. The molecular formula is C18H17F3N4O3. The highest BCUT2D eigenvalue weighted by Gasteiger charge is 2.30. The van der Waals surface area contributed by atoms with Crippen LogP contribution in [0.15, 0.2) is 41.3 Å². The smallest absolute Gasteiger partial charge is 0.383 e. The van der Waals surface area contributed by atoms with Gasteiger partial charge >= 0.3 is 11.9 Å². The van der Waals surface area contributed by atoms with E-state index in [9.17, 15) is 22.8 Å². The maximum Gasteiger partial charge on any atom is 0.416 e. The molecule has 0 bridgehead atoms. The van der Waals surface area contributed by atoms with Crippen molar-refractivity contribution >= 4 is 17.1 Å². The van der Waals surface area contributed by atoms with Gasteiger partial charge in [-0.3, -0.25) is 14.3 Å². The molecule has 28 heavy (non-hydrogen) atoms. The molecule has 3 aromatic rings. The minimum atomic E-state index is -4.47. The van der Waals surface area contributed by atoms with Crippen molar-refractivity contribution in [3.05, 3.63) is 52.6 Å². The second kappa shape index (κ2) is 7.85. The number of carbonyl (C=O) groups excluding carboxylic acids is 1. The number of halogens is 3. The Bertz CT molecular complexity index is 1060. The molecule has 0 aliphatic carbocycles. The van der Waals surface area contributed by atoms with Crippen LogP contribution in [0.25, 0.3) is 22.3 Å². The minimum absolute atomic E-state index is 0.241. The van der Waals surface area contributed by atoms with Crippen LogP contribution in [-0.4, -0.2) is 40.7 Å². The van der Waals surface area contributed by atoms with Crippen molar-refractivity contribution in [1.82, 2.24) is 19.9 Å². The maximum atomic E-state index is 13.0. The highest BCUT2D eigenvalue weighted by atomic mass is 19.4. The molecule has 0 spiro atoms. The minimum Gasteiger partial charge on any atom is -0.383 e. The number of aromatic amines is 1. The number of methoxy groups -OCH3 is 1. The predicted molar refractivity (Wildman–Crippen MR) is 95.7 cm³/mol. The van der Waals surface area contributed by atoms with Gasteiger partial charge in [0.25, 0.3) is 0 Å². The van der Waals surface area contributed by atoms with Crippen LogP contribution in [0, 0.1) is 0 Å². The third-order valence-electron chi connectivity index (χ3n) is 4.08. The van der Waals surface area contributed by atoms with E-state index in [4.69, 9.17) is 4.74 Å². The fraction of sp³-hybridized carbons (Fsp3) is 0.278. The van der Waals surface area contributed by atoms with E-state index in [2.05, 4.69) is 15.3 Å². The van der Waals surface area contributed by atoms with Gasteiger partial charge in [0.1, 0.15) is 6.54 Å². The van der Waals surface area contributed by atoms with Gasteiger partial charge in [-0.15, -0.1) is 0 Å². The number of carbonyl (C=O) groups is 1. The molecule has 0 atom stereocenters. The maximum absolute atomic E-state index is 13.0. The summed E-state index contributed by atoms with van der Waals surface area (Å²) in [6.45, 7) is 0.367. The number of imidazole rings is 1. The van der Waals surface area contributed by atoms with E-state index in [-0.39, 0.29) is 12.2 Å². The summed E-state index contributed by atoms with van der Waals surface area (Å²) >= 11 is 0. The van der Waals surface area contributed by atoms with Gasteiger partial charge in [-0.1, -0.05) is 12.1 Å². The van der Waals surface area contributed by atoms with Crippen molar-refractivity contribution in [2.75, 3.05) is 20.3 Å². The summed E-state index contributed by atoms with van der Waals surface area (Å²) in [5.74, 6) is -0.399. The summed E-state index contributed by atoms with van der Waals surface area (Å²) in [5, 5.41) is 2.60. The number of H-pyrrole nitrogens is 1. The molecule has 0 fully saturated rings. The summed E-state index contributed by atoms with van der Waals surface area (Å²) in [6, 6.07) is 6.33. The normalized spacial score (nSPS) is 11.7. The van der Waals surface area contributed by atoms with Gasteiger partial charge in [0.2, 0.25) is 5.91 Å². The number of nitrogens with one attached hydrogen (secondary N) is 2. The number of alkyl halides is 3. The molecule has 0 unspecified atom stereocenters. The fourth-order valence-electron chi connectivity index (χ4n) is 2.72. The standard InChI is InChI=1S/C18H17F3N4O3/c1-28-6-5-22-15(26)10-25-14-8-12(9-23-16(14)24-17(25)27)11-3-2-4-13(7-11)18(19,20)21/h2-4,7-9H,5-6,10H2,1H3,(H,22,26)(H,23,24,27). The van der Waals surface area contributed by atoms with Crippen LogP contribution in [0.5, 0.6) is 0 Å². The van der Waals surface area contributed by atoms with E-state index < -0.39 is 23.3 Å². The number of amides is 1. The van der Waals surface area contributed by atoms with Crippen molar-refractivity contribution in [1.29, 1.82) is 0 Å². The van der Waals surface area contributed by atoms with E-state index in [1.54, 1.807) is 0 Å². The Hall–Kier alpha value is -3.14. The number of hydrogen-bond donors (Lipinski definition) is 2. The monoisotopic (exact) mass is 394 g/mol. The van der Waals surface area contributed by atoms with Crippen LogP contribution >= 0.6 is 0 Å². The largest absolute Gasteiger partial charge is 0.416 e. The molecule has 7 nitrogen and oxygen atoms in total. The van der Waals surface area contributed by atoms with Gasteiger partial charge in [0, 0.05) is 25.4 Å². The Morgan fingerprint density at radius 3 is 2.79 bits per heavy atom. The van der Waals surface area contributed by atoms with Crippen molar-refractivity contribution < 1.29 is 22.7 Å². The first-order valence-electron chi connectivity index (χ1n) is 8.31. The van der Waals surface area contributed by atoms with Gasteiger partial charge < -0.3 is 10.1 Å². The molecule has 2 heterocycles. The van der Waals surface area contributed by atoms with Crippen LogP contribution in [0.3, 0.4) is 0 Å². The second-order valence-electron chi connectivity index (χ2n) is 6.03. The molecule has 2 N–H and O–H groups in total. The molecule has 0 saturated heterocycles. The Kier molecular flexibility index (Phi) is 5.50. The third-order valence-corrected chi connectivity index (χ3v) is 4.08. The van der Waals surface area contributed by atoms with Crippen LogP contribution in [0.2, 0.25) is 0 Å². The lowest BCUT2D eigenvalue weighted by molar-refractivity contribution is -0.137. The predicted octanol–water partition coefficient (Wildman–Crippen LogP) is 2.17. The first kappa shape index (κ1) is 19.6. The molecule has 148 valence electrons. The van der Waals surface area contributed by atoms with Crippen LogP contribution in [-0.2, 0) is 22.3 Å². The Morgan fingerprint density at radius 1 is 1.29 bits per heavy atom. The van der Waals surface area contributed by atoms with Crippen molar-refractivity contribution in [3.8, 4) is 11.1 Å². The highest BCUT2D eigenvalue weighted by molar-refractivity contribution is 5.81. The average molecular weight is 394 g/mol. The molecule has 2 aromatic heterocycles. The third kappa shape index (κ3) is 4.22. The van der Waals surface area contributed by atoms with E-state index >= 15 is 0 Å². The van der Waals surface area contributed by atoms with Gasteiger partial charge in [-0.2, -0.15) is 13.2 Å². The molecule has 10 heteroatoms. The summed E-state index contributed by atoms with van der Waals surface area (Å²) in [4.78, 5) is 30.8. The van der Waals surface area contributed by atoms with E-state index in [1.807, 2.05) is 0 Å². The van der Waals surface area contributed by atoms with E-state index in [0.29, 0.717) is 29.8 Å². The quantitative estimate of drug-likeness (QED) is 0.627. The topological polar surface area (TPSA) is 89.0 Å². The summed E-state index contributed by atoms with van der Waals surface area (Å²) in [6.07, 6.45) is -3.10. The lowest BCUT2D eigenvalue weighted by atomic mass is 10.0. The van der Waals surface area contributed by atoms with Crippen LogP contribution < -0.4 is 11.0 Å². The Balaban J connectivity index is 1.95. The van der Waals surface area contributed by atoms with E-state index in [0.717, 1.165) is 12.1 Å². The number of hydrogen-bond acceptors (Lipinski definition) is 4. The number of aromatic nitrogens is 3. The Labute approximate surface area is 157 Å². The molecule has 0 radical (unpaired) electrons. The number of fused-ring (bicyclic) bond motifs is 1. The molecule has 1 aromatic carbocycles. The number of ether oxygens (including phenoxy) is 1. The van der Waals surface area contributed by atoms with Crippen molar-refractivity contribution in [3.63, 3.8) is 0 Å². The zero-order valence-electron chi connectivity index (χ0n) is 14.8. The summed E-state index contributed by atoms with van der Waals surface area (Å²) < 4.78 is 44.9. The lowest BCUT2D eigenvalue weighted by Crippen LogP contribution is -2.33. The molecule has 3 rings (SSSR count). The first-order chi connectivity index (χ1) is 13.3. The lowest BCUT2D eigenvalue weighted by Gasteiger charge is -2.09. The number of nitrogens with zero attached hydrogens (tertiary/aromatic N) is 2. The van der Waals surface area contributed by atoms with Gasteiger partial charge in [-0.25, -0.2) is 9.78 Å². The van der Waals surface area contributed by atoms with Crippen molar-refractivity contribution in [2.24, 2.45) is 0 Å². The second-order valence-corrected chi connectivity index (χ2v) is 6.03. The molecule has 1 amide bonds. The first-order valence-corrected chi connectivity index (χ1v) is 8.31. The number of rotatable bonds is 6. The van der Waals surface area contributed by atoms with Gasteiger partial charge in [0.15, 0.2) is 5.65 Å². The summed E-state index contributed by atoms with van der Waals surface area (Å²) in [7, 11) is 1.50. The fourth-order valence-corrected chi connectivity index (χ4v) is 2.72. The highest BCUT2D eigenvalue weighted by Crippen LogP contribution is 2.32. The molecule has 0 aliphatic heterocycles. The van der Waals surface area contributed by atoms with Crippen LogP contribution in [0.4, 0.5) is 13.2 Å². The van der Waals surface area contributed by atoms with Crippen molar-refractivity contribution in [2.45, 2.75) is 12.7 Å². The van der Waals surface area contributed by atoms with E-state index in [1.165, 1.54) is 36.1 Å². The van der Waals surface area contributed by atoms with Crippen LogP contribution in [0.1, 0.15) is 5.56 Å². The average Bonchev–Trinajstić information content (AvgIpc) is 2.96.